The van der Waals surface area contributed by atoms with Crippen molar-refractivity contribution in [3.8, 4) is 11.3 Å². The van der Waals surface area contributed by atoms with Crippen molar-refractivity contribution in [3.63, 3.8) is 0 Å². The van der Waals surface area contributed by atoms with Gasteiger partial charge in [-0.25, -0.2) is 4.98 Å². The minimum absolute atomic E-state index is 0.808. The third-order valence-electron chi connectivity index (χ3n) is 2.82. The molecule has 1 aromatic carbocycles. The van der Waals surface area contributed by atoms with Crippen LogP contribution in [0, 0.1) is 6.92 Å². The summed E-state index contributed by atoms with van der Waals surface area (Å²) in [6, 6.07) is 6.15. The maximum absolute atomic E-state index is 5.78. The Labute approximate surface area is 116 Å². The fourth-order valence-corrected chi connectivity index (χ4v) is 2.35. The Balaban J connectivity index is 2.13. The second kappa shape index (κ2) is 6.16. The monoisotopic (exact) mass is 308 g/mol. The second-order valence-corrected chi connectivity index (χ2v) is 5.20. The Bertz CT molecular complexity index is 522. The summed E-state index contributed by atoms with van der Waals surface area (Å²) in [5, 5.41) is 3.12. The van der Waals surface area contributed by atoms with Gasteiger partial charge < -0.3 is 9.73 Å². The van der Waals surface area contributed by atoms with Crippen LogP contribution in [0.3, 0.4) is 0 Å². The summed E-state index contributed by atoms with van der Waals surface area (Å²) >= 11 is 3.46. The van der Waals surface area contributed by atoms with Gasteiger partial charge >= 0.3 is 0 Å². The van der Waals surface area contributed by atoms with Gasteiger partial charge in [-0.3, -0.25) is 0 Å². The molecule has 0 saturated heterocycles. The third-order valence-corrected chi connectivity index (χ3v) is 3.32. The zero-order valence-electron chi connectivity index (χ0n) is 10.7. The maximum Gasteiger partial charge on any atom is 0.194 e. The van der Waals surface area contributed by atoms with Gasteiger partial charge in [-0.05, 0) is 50.7 Å². The van der Waals surface area contributed by atoms with Gasteiger partial charge in [-0.1, -0.05) is 15.9 Å². The molecule has 4 heteroatoms. The Morgan fingerprint density at radius 3 is 2.94 bits per heavy atom. The Morgan fingerprint density at radius 1 is 1.39 bits per heavy atom. The van der Waals surface area contributed by atoms with Crippen molar-refractivity contribution in [3.05, 3.63) is 40.3 Å². The molecule has 0 spiro atoms. The predicted octanol–water partition coefficient (Wildman–Crippen LogP) is 3.56. The number of hydrogen-bond acceptors (Lipinski definition) is 3. The molecule has 0 atom stereocenters. The lowest BCUT2D eigenvalue weighted by atomic mass is 10.1. The SMILES string of the molecule is CNCCCc1ncc(-c2ccc(Br)cc2C)o1. The first-order valence-electron chi connectivity index (χ1n) is 6.06. The summed E-state index contributed by atoms with van der Waals surface area (Å²) in [5.74, 6) is 1.65. The van der Waals surface area contributed by atoms with Crippen LogP contribution < -0.4 is 5.32 Å². The fraction of sp³-hybridized carbons (Fsp3) is 0.357. The van der Waals surface area contributed by atoms with Crippen LogP contribution in [-0.2, 0) is 6.42 Å². The van der Waals surface area contributed by atoms with E-state index < -0.39 is 0 Å². The minimum Gasteiger partial charge on any atom is -0.441 e. The highest BCUT2D eigenvalue weighted by Crippen LogP contribution is 2.26. The van der Waals surface area contributed by atoms with E-state index in [4.69, 9.17) is 4.42 Å². The number of rotatable bonds is 5. The first-order chi connectivity index (χ1) is 8.70. The normalized spacial score (nSPS) is 10.8. The van der Waals surface area contributed by atoms with Crippen molar-refractivity contribution in [2.75, 3.05) is 13.6 Å². The highest BCUT2D eigenvalue weighted by Gasteiger charge is 2.08. The van der Waals surface area contributed by atoms with Gasteiger partial charge in [0, 0.05) is 16.5 Å². The number of halogens is 1. The molecule has 1 aromatic heterocycles. The van der Waals surface area contributed by atoms with Crippen LogP contribution in [0.4, 0.5) is 0 Å². The molecule has 0 amide bonds. The van der Waals surface area contributed by atoms with Gasteiger partial charge in [0.15, 0.2) is 11.7 Å². The average molecular weight is 309 g/mol. The second-order valence-electron chi connectivity index (χ2n) is 4.28. The molecule has 0 fully saturated rings. The van der Waals surface area contributed by atoms with Crippen LogP contribution in [0.5, 0.6) is 0 Å². The summed E-state index contributed by atoms with van der Waals surface area (Å²) in [4.78, 5) is 4.32. The molecule has 0 radical (unpaired) electrons. The van der Waals surface area contributed by atoms with E-state index in [0.29, 0.717) is 0 Å². The summed E-state index contributed by atoms with van der Waals surface area (Å²) in [6.07, 6.45) is 3.72. The number of nitrogens with zero attached hydrogens (tertiary/aromatic N) is 1. The van der Waals surface area contributed by atoms with E-state index in [9.17, 15) is 0 Å². The van der Waals surface area contributed by atoms with Crippen LogP contribution >= 0.6 is 15.9 Å². The smallest absolute Gasteiger partial charge is 0.194 e. The van der Waals surface area contributed by atoms with E-state index >= 15 is 0 Å². The molecule has 3 nitrogen and oxygen atoms in total. The summed E-state index contributed by atoms with van der Waals surface area (Å²) in [5.41, 5.74) is 2.29. The molecular formula is C14H17BrN2O. The molecule has 96 valence electrons. The van der Waals surface area contributed by atoms with Crippen LogP contribution in [0.25, 0.3) is 11.3 Å². The fourth-order valence-electron chi connectivity index (χ4n) is 1.87. The molecule has 0 unspecified atom stereocenters. The average Bonchev–Trinajstić information content (AvgIpc) is 2.78. The van der Waals surface area contributed by atoms with Gasteiger partial charge in [0.2, 0.25) is 0 Å². The maximum atomic E-state index is 5.78. The number of nitrogens with one attached hydrogen (secondary N) is 1. The lowest BCUT2D eigenvalue weighted by Gasteiger charge is -2.02. The summed E-state index contributed by atoms with van der Waals surface area (Å²) < 4.78 is 6.86. The predicted molar refractivity (Wildman–Crippen MR) is 76.6 cm³/mol. The zero-order valence-corrected chi connectivity index (χ0v) is 12.3. The Kier molecular flexibility index (Phi) is 4.55. The highest BCUT2D eigenvalue weighted by atomic mass is 79.9. The number of benzene rings is 1. The third kappa shape index (κ3) is 3.21. The van der Waals surface area contributed by atoms with Crippen molar-refractivity contribution in [2.24, 2.45) is 0 Å². The van der Waals surface area contributed by atoms with Gasteiger partial charge in [0.05, 0.1) is 6.20 Å². The van der Waals surface area contributed by atoms with Gasteiger partial charge in [0.1, 0.15) is 0 Å². The molecule has 0 aliphatic heterocycles. The summed E-state index contributed by atoms with van der Waals surface area (Å²) in [7, 11) is 1.95. The van der Waals surface area contributed by atoms with Crippen molar-refractivity contribution in [1.29, 1.82) is 0 Å². The van der Waals surface area contributed by atoms with Gasteiger partial charge in [0.25, 0.3) is 0 Å². The molecule has 0 aliphatic carbocycles. The molecule has 2 aromatic rings. The van der Waals surface area contributed by atoms with Gasteiger partial charge in [-0.2, -0.15) is 0 Å². The topological polar surface area (TPSA) is 38.1 Å². The van der Waals surface area contributed by atoms with Gasteiger partial charge in [-0.15, -0.1) is 0 Å². The van der Waals surface area contributed by atoms with Crippen LogP contribution in [0.15, 0.2) is 33.3 Å². The van der Waals surface area contributed by atoms with E-state index in [1.807, 2.05) is 19.3 Å². The number of aryl methyl sites for hydroxylation is 2. The molecular weight excluding hydrogens is 292 g/mol. The zero-order chi connectivity index (χ0) is 13.0. The van der Waals surface area contributed by atoms with E-state index in [2.05, 4.69) is 45.3 Å². The van der Waals surface area contributed by atoms with Crippen molar-refractivity contribution < 1.29 is 4.42 Å². The Morgan fingerprint density at radius 2 is 2.22 bits per heavy atom. The van der Waals surface area contributed by atoms with Crippen LogP contribution in [0.2, 0.25) is 0 Å². The highest BCUT2D eigenvalue weighted by molar-refractivity contribution is 9.10. The van der Waals surface area contributed by atoms with Crippen LogP contribution in [0.1, 0.15) is 17.9 Å². The number of aromatic nitrogens is 1. The molecule has 0 saturated carbocycles. The quantitative estimate of drug-likeness (QED) is 0.858. The van der Waals surface area contributed by atoms with Crippen molar-refractivity contribution in [1.82, 2.24) is 10.3 Å². The first-order valence-corrected chi connectivity index (χ1v) is 6.86. The largest absolute Gasteiger partial charge is 0.441 e. The van der Waals surface area contributed by atoms with E-state index in [1.165, 1.54) is 5.56 Å². The van der Waals surface area contributed by atoms with E-state index in [-0.39, 0.29) is 0 Å². The van der Waals surface area contributed by atoms with E-state index in [1.54, 1.807) is 0 Å². The van der Waals surface area contributed by atoms with E-state index in [0.717, 1.165) is 41.1 Å². The lowest BCUT2D eigenvalue weighted by molar-refractivity contribution is 0.495. The lowest BCUT2D eigenvalue weighted by Crippen LogP contribution is -2.08. The molecule has 2 rings (SSSR count). The molecule has 18 heavy (non-hydrogen) atoms. The van der Waals surface area contributed by atoms with Crippen molar-refractivity contribution >= 4 is 15.9 Å². The van der Waals surface area contributed by atoms with Crippen LogP contribution in [-0.4, -0.2) is 18.6 Å². The number of hydrogen-bond donors (Lipinski definition) is 1. The Hall–Kier alpha value is -1.13. The molecule has 1 heterocycles. The molecule has 1 N–H and O–H groups in total. The molecule has 0 bridgehead atoms. The standard InChI is InChI=1S/C14H17BrN2O/c1-10-8-11(15)5-6-12(10)13-9-17-14(18-13)4-3-7-16-2/h5-6,8-9,16H,3-4,7H2,1-2H3. The first kappa shape index (κ1) is 13.3. The number of oxazole rings is 1. The molecule has 0 aliphatic rings. The summed E-state index contributed by atoms with van der Waals surface area (Å²) in [6.45, 7) is 3.05. The van der Waals surface area contributed by atoms with Crippen molar-refractivity contribution in [2.45, 2.75) is 19.8 Å². The minimum atomic E-state index is 0.808.